The molecule has 0 bridgehead atoms. The van der Waals surface area contributed by atoms with Crippen LogP contribution < -0.4 is 38.1 Å². The van der Waals surface area contributed by atoms with Gasteiger partial charge in [0.05, 0.1) is 13.0 Å². The van der Waals surface area contributed by atoms with E-state index in [1.807, 2.05) is 0 Å². The van der Waals surface area contributed by atoms with E-state index in [9.17, 15) is 33.9 Å². The maximum Gasteiger partial charge on any atom is 0.305 e. The Balaban J connectivity index is 2.19. The van der Waals surface area contributed by atoms with Gasteiger partial charge in [-0.15, -0.1) is 0 Å². The summed E-state index contributed by atoms with van der Waals surface area (Å²) in [6, 6.07) is 4.20. The number of rotatable bonds is 6. The van der Waals surface area contributed by atoms with Gasteiger partial charge in [-0.05, 0) is 37.3 Å². The fraction of sp³-hybridized carbons (Fsp3) is 0.500. The van der Waals surface area contributed by atoms with Gasteiger partial charge in [-0.3, -0.25) is 33.8 Å². The van der Waals surface area contributed by atoms with Crippen LogP contribution in [0.2, 0.25) is 0 Å². The van der Waals surface area contributed by atoms with E-state index in [1.165, 1.54) is 0 Å². The molecule has 1 aliphatic heterocycles. The number of guanidine groups is 1. The van der Waals surface area contributed by atoms with Gasteiger partial charge < -0.3 is 43.2 Å². The number of fused-ring (bicyclic) bond motifs is 1. The number of carbonyl (C=O) groups is 6. The number of hydrogen-bond donors (Lipinski definition) is 8. The smallest absolute Gasteiger partial charge is 0.305 e. The first kappa shape index (κ1) is 32.5. The highest BCUT2D eigenvalue weighted by Crippen LogP contribution is 2.10. The van der Waals surface area contributed by atoms with Crippen LogP contribution in [0.1, 0.15) is 60.9 Å². The van der Waals surface area contributed by atoms with Crippen LogP contribution in [0.25, 0.3) is 0 Å². The van der Waals surface area contributed by atoms with E-state index in [1.54, 1.807) is 24.3 Å². The Morgan fingerprint density at radius 3 is 2.29 bits per heavy atom. The van der Waals surface area contributed by atoms with E-state index in [0.717, 1.165) is 0 Å². The van der Waals surface area contributed by atoms with Crippen molar-refractivity contribution < 1.29 is 33.9 Å². The molecule has 0 radical (unpaired) electrons. The number of benzene rings is 1. The highest BCUT2D eigenvalue weighted by Gasteiger charge is 2.26. The number of aliphatic imine (C=N–C) groups is 1. The van der Waals surface area contributed by atoms with E-state index in [2.05, 4.69) is 31.6 Å². The maximum absolute atomic E-state index is 12.8. The first-order chi connectivity index (χ1) is 19.6. The number of hydrogen-bond acceptors (Lipinski definition) is 7. The predicted octanol–water partition coefficient (Wildman–Crippen LogP) is -1.78. The van der Waals surface area contributed by atoms with Crippen LogP contribution in [0.5, 0.6) is 0 Å². The molecule has 1 aliphatic rings. The van der Waals surface area contributed by atoms with Crippen molar-refractivity contribution in [2.75, 3.05) is 19.6 Å². The van der Waals surface area contributed by atoms with Crippen molar-refractivity contribution >= 4 is 41.5 Å². The van der Waals surface area contributed by atoms with Crippen molar-refractivity contribution in [2.24, 2.45) is 16.5 Å². The molecule has 0 fully saturated rings. The van der Waals surface area contributed by atoms with Crippen LogP contribution in [0.15, 0.2) is 29.3 Å². The highest BCUT2D eigenvalue weighted by atomic mass is 16.4. The lowest BCUT2D eigenvalue weighted by Crippen LogP contribution is -2.52. The summed E-state index contributed by atoms with van der Waals surface area (Å²) in [5.41, 5.74) is 11.5. The molecular formula is C26H38N8O7. The lowest BCUT2D eigenvalue weighted by atomic mass is 10.1. The van der Waals surface area contributed by atoms with Gasteiger partial charge in [0, 0.05) is 31.6 Å². The second kappa shape index (κ2) is 17.1. The lowest BCUT2D eigenvalue weighted by molar-refractivity contribution is -0.140. The molecule has 224 valence electrons. The number of aliphatic carboxylic acids is 1. The molecule has 0 aliphatic carbocycles. The number of nitrogens with one attached hydrogen (secondary N) is 5. The van der Waals surface area contributed by atoms with Crippen LogP contribution in [-0.2, 0) is 30.5 Å². The molecule has 1 aromatic carbocycles. The number of carboxylic acids is 1. The molecule has 2 atom stereocenters. The second-order valence-corrected chi connectivity index (χ2v) is 9.45. The van der Waals surface area contributed by atoms with Gasteiger partial charge in [0.25, 0.3) is 5.91 Å². The molecule has 1 heterocycles. The molecule has 5 amide bonds. The SMILES string of the molecule is NC(N)=NCCC[C@@H]1NC(=O)CCCCCNC(=O)c2ccccc2CNC(=O)[C@H](CC(=O)O)NC(=O)CNC1=O. The molecule has 0 aromatic heterocycles. The second-order valence-electron chi connectivity index (χ2n) is 9.45. The quantitative estimate of drug-likeness (QED) is 0.108. The molecule has 0 saturated heterocycles. The molecule has 0 spiro atoms. The standard InChI is InChI=1S/C26H38N8O7/c27-26(28)30-12-6-9-18-24(40)32-15-21(36)34-19(13-22(37)38)25(41)31-14-16-7-3-4-8-17(16)23(39)29-11-5-1-2-10-20(35)33-18/h3-4,7-8,18-19H,1-2,5-6,9-15H2,(H,29,39)(H,31,41)(H,32,40)(H,33,35)(H,34,36)(H,37,38)(H4,27,28,30)/t18-,19-/m0/s1. The summed E-state index contributed by atoms with van der Waals surface area (Å²) in [5.74, 6) is -4.37. The molecule has 0 unspecified atom stereocenters. The van der Waals surface area contributed by atoms with Gasteiger partial charge in [0.1, 0.15) is 12.1 Å². The Bertz CT molecular complexity index is 1140. The molecule has 41 heavy (non-hydrogen) atoms. The van der Waals surface area contributed by atoms with Gasteiger partial charge in [0.2, 0.25) is 23.6 Å². The van der Waals surface area contributed by atoms with Crippen molar-refractivity contribution in [3.05, 3.63) is 35.4 Å². The Hall–Kier alpha value is -4.69. The van der Waals surface area contributed by atoms with Crippen molar-refractivity contribution in [1.29, 1.82) is 0 Å². The van der Waals surface area contributed by atoms with Gasteiger partial charge in [-0.1, -0.05) is 24.6 Å². The Labute approximate surface area is 237 Å². The average Bonchev–Trinajstić information content (AvgIpc) is 2.92. The largest absolute Gasteiger partial charge is 0.481 e. The fourth-order valence-electron chi connectivity index (χ4n) is 4.04. The number of carbonyl (C=O) groups excluding carboxylic acids is 5. The minimum atomic E-state index is -1.44. The normalized spacial score (nSPS) is 20.0. The summed E-state index contributed by atoms with van der Waals surface area (Å²) in [4.78, 5) is 78.6. The first-order valence-corrected chi connectivity index (χ1v) is 13.3. The molecule has 15 nitrogen and oxygen atoms in total. The number of nitrogens with two attached hydrogens (primary N) is 2. The minimum Gasteiger partial charge on any atom is -0.481 e. The molecule has 1 aromatic rings. The van der Waals surface area contributed by atoms with Crippen molar-refractivity contribution in [3.8, 4) is 0 Å². The van der Waals surface area contributed by atoms with Crippen LogP contribution in [0, 0.1) is 0 Å². The minimum absolute atomic E-state index is 0.0829. The third kappa shape index (κ3) is 12.4. The number of nitrogens with zero attached hydrogens (tertiary/aromatic N) is 1. The van der Waals surface area contributed by atoms with Crippen molar-refractivity contribution in [1.82, 2.24) is 26.6 Å². The Morgan fingerprint density at radius 1 is 0.878 bits per heavy atom. The predicted molar refractivity (Wildman–Crippen MR) is 148 cm³/mol. The van der Waals surface area contributed by atoms with Gasteiger partial charge in [0.15, 0.2) is 5.96 Å². The molecule has 10 N–H and O–H groups in total. The highest BCUT2D eigenvalue weighted by molar-refractivity contribution is 5.96. The number of carboxylic acid groups (broad SMARTS) is 1. The summed E-state index contributed by atoms with van der Waals surface area (Å²) in [7, 11) is 0. The van der Waals surface area contributed by atoms with E-state index in [0.29, 0.717) is 43.4 Å². The lowest BCUT2D eigenvalue weighted by Gasteiger charge is -2.20. The van der Waals surface area contributed by atoms with E-state index < -0.39 is 48.7 Å². The Morgan fingerprint density at radius 2 is 1.56 bits per heavy atom. The molecule has 15 heteroatoms. The first-order valence-electron chi connectivity index (χ1n) is 13.3. The molecule has 2 rings (SSSR count). The topological polar surface area (TPSA) is 247 Å². The molecular weight excluding hydrogens is 536 g/mol. The average molecular weight is 575 g/mol. The van der Waals surface area contributed by atoms with Crippen molar-refractivity contribution in [3.63, 3.8) is 0 Å². The van der Waals surface area contributed by atoms with Gasteiger partial charge in [-0.2, -0.15) is 0 Å². The molecule has 0 saturated carbocycles. The van der Waals surface area contributed by atoms with Gasteiger partial charge in [-0.25, -0.2) is 0 Å². The third-order valence-corrected chi connectivity index (χ3v) is 6.13. The zero-order valence-electron chi connectivity index (χ0n) is 22.7. The van der Waals surface area contributed by atoms with E-state index >= 15 is 0 Å². The maximum atomic E-state index is 12.8. The summed E-state index contributed by atoms with van der Waals surface area (Å²) in [6.07, 6.45) is 1.79. The zero-order chi connectivity index (χ0) is 30.2. The van der Waals surface area contributed by atoms with E-state index in [-0.39, 0.29) is 43.7 Å². The van der Waals surface area contributed by atoms with Crippen molar-refractivity contribution in [2.45, 2.75) is 63.6 Å². The monoisotopic (exact) mass is 574 g/mol. The summed E-state index contributed by atoms with van der Waals surface area (Å²) in [5, 5.41) is 22.0. The third-order valence-electron chi connectivity index (χ3n) is 6.13. The van der Waals surface area contributed by atoms with Crippen LogP contribution in [-0.4, -0.2) is 78.3 Å². The van der Waals surface area contributed by atoms with Gasteiger partial charge >= 0.3 is 5.97 Å². The Kier molecular flexibility index (Phi) is 13.6. The summed E-state index contributed by atoms with van der Waals surface area (Å²) in [6.45, 7) is -0.0559. The fourth-order valence-corrected chi connectivity index (χ4v) is 4.04. The summed E-state index contributed by atoms with van der Waals surface area (Å²) < 4.78 is 0. The summed E-state index contributed by atoms with van der Waals surface area (Å²) >= 11 is 0. The zero-order valence-corrected chi connectivity index (χ0v) is 22.7. The number of amides is 5. The van der Waals surface area contributed by atoms with Crippen LogP contribution >= 0.6 is 0 Å². The van der Waals surface area contributed by atoms with Crippen LogP contribution in [0.4, 0.5) is 0 Å². The van der Waals surface area contributed by atoms with Crippen LogP contribution in [0.3, 0.4) is 0 Å². The van der Waals surface area contributed by atoms with E-state index in [4.69, 9.17) is 11.5 Å².